The number of aromatic nitrogens is 5. The van der Waals surface area contributed by atoms with Gasteiger partial charge in [0, 0.05) is 75.5 Å². The van der Waals surface area contributed by atoms with Crippen LogP contribution in [0.4, 0.5) is 11.5 Å². The quantitative estimate of drug-likeness (QED) is 0.228. The van der Waals surface area contributed by atoms with Crippen LogP contribution in [0.5, 0.6) is 0 Å². The number of amides is 5. The van der Waals surface area contributed by atoms with E-state index in [9.17, 15) is 24.0 Å². The summed E-state index contributed by atoms with van der Waals surface area (Å²) in [5, 5.41) is 13.9. The number of nitrogens with zero attached hydrogens (tertiary/aromatic N) is 8. The van der Waals surface area contributed by atoms with Crippen LogP contribution in [-0.2, 0) is 16.1 Å². The van der Waals surface area contributed by atoms with Gasteiger partial charge in [0.1, 0.15) is 17.3 Å². The number of benzene rings is 1. The molecule has 8 rings (SSSR count). The Bertz CT molecular complexity index is 2040. The van der Waals surface area contributed by atoms with Gasteiger partial charge in [-0.1, -0.05) is 6.07 Å². The van der Waals surface area contributed by atoms with Crippen LogP contribution in [-0.4, -0.2) is 102 Å². The molecule has 7 heterocycles. The van der Waals surface area contributed by atoms with Gasteiger partial charge in [0.15, 0.2) is 11.5 Å². The normalized spacial score (nSPS) is 20.5. The lowest BCUT2D eigenvalue weighted by Gasteiger charge is -2.38. The SMILES string of the molecule is NC(=O)c1cn(C2CCN(CC3CCN(c4ccc5c(c4)C(=O)N(C4CCC(=O)NC4=O)C5)CC3)CC2)nc1NC(=O)c1ccc2nccn2n1. The predicted octanol–water partition coefficient (Wildman–Crippen LogP) is 1.59. The van der Waals surface area contributed by atoms with Gasteiger partial charge >= 0.3 is 0 Å². The predicted molar refractivity (Wildman–Crippen MR) is 184 cm³/mol. The van der Waals surface area contributed by atoms with Gasteiger partial charge in [0.05, 0.1) is 6.04 Å². The molecule has 4 N–H and O–H groups in total. The van der Waals surface area contributed by atoms with Crippen LogP contribution < -0.4 is 21.3 Å². The Kier molecular flexibility index (Phi) is 8.45. The van der Waals surface area contributed by atoms with Crippen LogP contribution >= 0.6 is 0 Å². The van der Waals surface area contributed by atoms with Gasteiger partial charge in [-0.15, -0.1) is 0 Å². The number of carbonyl (C=O) groups excluding carboxylic acids is 5. The van der Waals surface area contributed by atoms with E-state index in [1.807, 2.05) is 12.1 Å². The number of anilines is 2. The maximum atomic E-state index is 13.3. The van der Waals surface area contributed by atoms with E-state index < -0.39 is 23.8 Å². The summed E-state index contributed by atoms with van der Waals surface area (Å²) < 4.78 is 3.25. The molecule has 16 nitrogen and oxygen atoms in total. The first-order valence-electron chi connectivity index (χ1n) is 17.5. The number of fused-ring (bicyclic) bond motifs is 2. The van der Waals surface area contributed by atoms with E-state index in [0.29, 0.717) is 30.1 Å². The first-order chi connectivity index (χ1) is 24.7. The van der Waals surface area contributed by atoms with Crippen LogP contribution in [0.3, 0.4) is 0 Å². The van der Waals surface area contributed by atoms with E-state index in [1.54, 1.807) is 40.3 Å². The minimum atomic E-state index is -0.668. The summed E-state index contributed by atoms with van der Waals surface area (Å²) in [7, 11) is 0. The molecule has 4 aromatic rings. The lowest BCUT2D eigenvalue weighted by Crippen LogP contribution is -2.52. The number of primary amides is 1. The van der Waals surface area contributed by atoms with Gasteiger partial charge in [-0.05, 0) is 67.9 Å². The number of imide groups is 1. The maximum Gasteiger partial charge on any atom is 0.277 e. The zero-order chi connectivity index (χ0) is 35.2. The minimum Gasteiger partial charge on any atom is -0.371 e. The molecule has 3 saturated heterocycles. The number of imidazole rings is 1. The molecule has 0 radical (unpaired) electrons. The summed E-state index contributed by atoms with van der Waals surface area (Å²) in [5.41, 5.74) is 9.15. The fourth-order valence-electron chi connectivity index (χ4n) is 7.80. The molecule has 0 spiro atoms. The molecule has 3 aromatic heterocycles. The third-order valence-electron chi connectivity index (χ3n) is 10.7. The lowest BCUT2D eigenvalue weighted by atomic mass is 9.94. The van der Waals surface area contributed by atoms with Gasteiger partial charge in [0.25, 0.3) is 17.7 Å². The number of hydrogen-bond acceptors (Lipinski definition) is 10. The van der Waals surface area contributed by atoms with Crippen molar-refractivity contribution < 1.29 is 24.0 Å². The Morgan fingerprint density at radius 2 is 1.76 bits per heavy atom. The first kappa shape index (κ1) is 32.6. The van der Waals surface area contributed by atoms with Crippen molar-refractivity contribution in [2.24, 2.45) is 11.7 Å². The highest BCUT2D eigenvalue weighted by Crippen LogP contribution is 2.33. The van der Waals surface area contributed by atoms with Gasteiger partial charge in [-0.2, -0.15) is 10.2 Å². The van der Waals surface area contributed by atoms with Crippen molar-refractivity contribution in [2.75, 3.05) is 42.9 Å². The summed E-state index contributed by atoms with van der Waals surface area (Å²) in [6.45, 7) is 4.97. The van der Waals surface area contributed by atoms with Crippen LogP contribution in [0.25, 0.3) is 5.65 Å². The summed E-state index contributed by atoms with van der Waals surface area (Å²) in [6, 6.07) is 8.73. The van der Waals surface area contributed by atoms with E-state index in [-0.39, 0.29) is 41.4 Å². The lowest BCUT2D eigenvalue weighted by molar-refractivity contribution is -0.136. The topological polar surface area (TPSA) is 193 Å². The Balaban J connectivity index is 0.829. The number of piperidine rings is 3. The highest BCUT2D eigenvalue weighted by atomic mass is 16.2. The van der Waals surface area contributed by atoms with E-state index >= 15 is 0 Å². The number of carbonyl (C=O) groups is 5. The second-order valence-corrected chi connectivity index (χ2v) is 13.8. The molecule has 5 amide bonds. The van der Waals surface area contributed by atoms with Crippen LogP contribution in [0.1, 0.15) is 81.3 Å². The number of rotatable bonds is 8. The molecule has 51 heavy (non-hydrogen) atoms. The molecule has 1 unspecified atom stereocenters. The van der Waals surface area contributed by atoms with E-state index in [1.165, 1.54) is 4.52 Å². The fourth-order valence-corrected chi connectivity index (χ4v) is 7.80. The van der Waals surface area contributed by atoms with Crippen LogP contribution in [0, 0.1) is 5.92 Å². The van der Waals surface area contributed by atoms with E-state index in [2.05, 4.69) is 41.7 Å². The summed E-state index contributed by atoms with van der Waals surface area (Å²) in [6.07, 6.45) is 9.24. The smallest absolute Gasteiger partial charge is 0.277 e. The van der Waals surface area contributed by atoms with Crippen molar-refractivity contribution in [3.8, 4) is 0 Å². The molecular formula is C35H39N11O5. The third-order valence-corrected chi connectivity index (χ3v) is 10.7. The Hall–Kier alpha value is -5.64. The molecule has 3 fully saturated rings. The molecule has 0 bridgehead atoms. The molecular weight excluding hydrogens is 654 g/mol. The average Bonchev–Trinajstić information content (AvgIpc) is 3.86. The Morgan fingerprint density at radius 1 is 0.961 bits per heavy atom. The van der Waals surface area contributed by atoms with Crippen molar-refractivity contribution >= 4 is 46.7 Å². The number of nitrogens with two attached hydrogens (primary N) is 1. The van der Waals surface area contributed by atoms with Crippen molar-refractivity contribution in [3.05, 3.63) is 71.3 Å². The summed E-state index contributed by atoms with van der Waals surface area (Å²) in [4.78, 5) is 73.1. The van der Waals surface area contributed by atoms with Crippen LogP contribution in [0.15, 0.2) is 48.9 Å². The third kappa shape index (κ3) is 6.42. The van der Waals surface area contributed by atoms with Gasteiger partial charge < -0.3 is 25.8 Å². The van der Waals surface area contributed by atoms with Crippen molar-refractivity contribution in [3.63, 3.8) is 0 Å². The summed E-state index contributed by atoms with van der Waals surface area (Å²) >= 11 is 0. The molecule has 264 valence electrons. The molecule has 1 atom stereocenters. The van der Waals surface area contributed by atoms with Gasteiger partial charge in [0.2, 0.25) is 11.8 Å². The molecule has 1 aromatic carbocycles. The monoisotopic (exact) mass is 693 g/mol. The molecule has 0 aliphatic carbocycles. The van der Waals surface area contributed by atoms with Gasteiger partial charge in [-0.3, -0.25) is 34.0 Å². The average molecular weight is 694 g/mol. The summed E-state index contributed by atoms with van der Waals surface area (Å²) in [5.74, 6) is -1.33. The number of hydrogen-bond donors (Lipinski definition) is 3. The first-order valence-corrected chi connectivity index (χ1v) is 17.5. The van der Waals surface area contributed by atoms with Crippen molar-refractivity contribution in [1.82, 2.24) is 39.5 Å². The molecule has 0 saturated carbocycles. The standard InChI is InChI=1S/C35H39N11O5/c36-31(48)26-20-46(41-32(26)39-33(49)27-3-5-29-37-11-16-45(29)40-27)23-9-12-42(13-10-23)18-21-7-14-43(15-8-21)24-2-1-22-19-44(35(51)25(22)17-24)28-4-6-30(47)38-34(28)50/h1-3,5,11,16-17,20-21,23,28H,4,6-10,12-15,18-19H2,(H2,36,48)(H,38,47,50)(H,39,41,49). The highest BCUT2D eigenvalue weighted by molar-refractivity contribution is 6.07. The fraction of sp³-hybridized carbons (Fsp3) is 0.429. The second kappa shape index (κ2) is 13.2. The van der Waals surface area contributed by atoms with Crippen molar-refractivity contribution in [2.45, 2.75) is 57.2 Å². The zero-order valence-electron chi connectivity index (χ0n) is 28.0. The maximum absolute atomic E-state index is 13.3. The molecule has 4 aliphatic heterocycles. The number of nitrogens with one attached hydrogen (secondary N) is 2. The van der Waals surface area contributed by atoms with E-state index in [4.69, 9.17) is 5.73 Å². The van der Waals surface area contributed by atoms with Crippen molar-refractivity contribution in [1.29, 1.82) is 0 Å². The Morgan fingerprint density at radius 3 is 2.53 bits per heavy atom. The van der Waals surface area contributed by atoms with Crippen LogP contribution in [0.2, 0.25) is 0 Å². The Labute approximate surface area is 292 Å². The zero-order valence-corrected chi connectivity index (χ0v) is 28.0. The van der Waals surface area contributed by atoms with E-state index in [0.717, 1.165) is 69.7 Å². The largest absolute Gasteiger partial charge is 0.371 e. The molecule has 4 aliphatic rings. The minimum absolute atomic E-state index is 0.0701. The highest BCUT2D eigenvalue weighted by Gasteiger charge is 2.39. The second-order valence-electron chi connectivity index (χ2n) is 13.8. The molecule has 16 heteroatoms. The van der Waals surface area contributed by atoms with Gasteiger partial charge in [-0.25, -0.2) is 9.50 Å². The number of likely N-dealkylation sites (tertiary alicyclic amines) is 1.